The van der Waals surface area contributed by atoms with Crippen LogP contribution in [0.2, 0.25) is 0 Å². The summed E-state index contributed by atoms with van der Waals surface area (Å²) < 4.78 is 35.3. The van der Waals surface area contributed by atoms with Crippen LogP contribution in [-0.2, 0) is 28.4 Å². The summed E-state index contributed by atoms with van der Waals surface area (Å²) in [5.41, 5.74) is 2.37. The van der Waals surface area contributed by atoms with E-state index in [9.17, 15) is 13.2 Å². The number of amides is 1. The van der Waals surface area contributed by atoms with Gasteiger partial charge in [-0.3, -0.25) is 4.79 Å². The Morgan fingerprint density at radius 1 is 1.11 bits per heavy atom. The molecule has 1 aromatic heterocycles. The van der Waals surface area contributed by atoms with Gasteiger partial charge in [0.15, 0.2) is 0 Å². The van der Waals surface area contributed by atoms with Gasteiger partial charge < -0.3 is 14.2 Å². The third-order valence-corrected chi connectivity index (χ3v) is 7.32. The zero-order valence-corrected chi connectivity index (χ0v) is 17.6. The van der Waals surface area contributed by atoms with Crippen molar-refractivity contribution in [1.29, 1.82) is 0 Å². The molecule has 1 aliphatic rings. The van der Waals surface area contributed by atoms with Crippen LogP contribution in [0.4, 0.5) is 0 Å². The first-order valence-electron chi connectivity index (χ1n) is 9.28. The maximum atomic E-state index is 13.4. The highest BCUT2D eigenvalue weighted by molar-refractivity contribution is 7.89. The monoisotopic (exact) mass is 405 g/mol. The molecule has 3 rings (SSSR count). The summed E-state index contributed by atoms with van der Waals surface area (Å²) in [6, 6.07) is 9.41. The number of rotatable bonds is 5. The number of morpholine rings is 1. The summed E-state index contributed by atoms with van der Waals surface area (Å²) in [6.45, 7) is 5.63. The highest BCUT2D eigenvalue weighted by Gasteiger charge is 2.35. The van der Waals surface area contributed by atoms with Gasteiger partial charge in [0.2, 0.25) is 10.0 Å². The quantitative estimate of drug-likeness (QED) is 0.762. The number of benzene rings is 1. The second-order valence-electron chi connectivity index (χ2n) is 7.09. The Labute approximate surface area is 166 Å². The average Bonchev–Trinajstić information content (AvgIpc) is 2.93. The molecule has 1 fully saturated rings. The van der Waals surface area contributed by atoms with Crippen molar-refractivity contribution < 1.29 is 17.9 Å². The van der Waals surface area contributed by atoms with E-state index in [1.807, 2.05) is 30.3 Å². The molecule has 0 saturated carbocycles. The molecule has 0 spiro atoms. The summed E-state index contributed by atoms with van der Waals surface area (Å²) in [6.07, 6.45) is 0. The number of aromatic nitrogens is 1. The van der Waals surface area contributed by atoms with Crippen LogP contribution in [0, 0.1) is 13.8 Å². The highest BCUT2D eigenvalue weighted by Crippen LogP contribution is 2.30. The molecule has 1 amide bonds. The summed E-state index contributed by atoms with van der Waals surface area (Å²) in [5.74, 6) is -0.254. The van der Waals surface area contributed by atoms with Gasteiger partial charge in [-0.15, -0.1) is 0 Å². The van der Waals surface area contributed by atoms with E-state index in [2.05, 4.69) is 0 Å². The van der Waals surface area contributed by atoms with E-state index in [0.717, 1.165) is 5.56 Å². The smallest absolute Gasteiger partial charge is 0.257 e. The molecule has 2 aromatic rings. The third-order valence-electron chi connectivity index (χ3n) is 5.35. The van der Waals surface area contributed by atoms with Gasteiger partial charge in [-0.1, -0.05) is 30.3 Å². The van der Waals surface area contributed by atoms with E-state index in [-0.39, 0.29) is 22.9 Å². The molecule has 7 nitrogen and oxygen atoms in total. The number of hydrogen-bond donors (Lipinski definition) is 0. The largest absolute Gasteiger partial charge is 0.378 e. The van der Waals surface area contributed by atoms with Crippen molar-refractivity contribution in [2.45, 2.75) is 25.3 Å². The van der Waals surface area contributed by atoms with Crippen molar-refractivity contribution >= 4 is 15.9 Å². The molecule has 0 aliphatic carbocycles. The van der Waals surface area contributed by atoms with E-state index in [0.29, 0.717) is 37.7 Å². The lowest BCUT2D eigenvalue weighted by molar-refractivity contribution is 0.0300. The van der Waals surface area contributed by atoms with Crippen LogP contribution >= 0.6 is 0 Å². The van der Waals surface area contributed by atoms with Crippen LogP contribution in [0.3, 0.4) is 0 Å². The van der Waals surface area contributed by atoms with E-state index < -0.39 is 10.0 Å². The van der Waals surface area contributed by atoms with E-state index >= 15 is 0 Å². The first-order valence-corrected chi connectivity index (χ1v) is 10.7. The average molecular weight is 406 g/mol. The minimum atomic E-state index is -3.85. The van der Waals surface area contributed by atoms with Gasteiger partial charge in [-0.05, 0) is 19.4 Å². The number of carbonyl (C=O) groups excluding carboxylic acids is 1. The zero-order valence-electron chi connectivity index (χ0n) is 16.8. The van der Waals surface area contributed by atoms with Gasteiger partial charge in [0.1, 0.15) is 4.90 Å². The second-order valence-corrected chi connectivity index (χ2v) is 9.07. The fourth-order valence-electron chi connectivity index (χ4n) is 3.49. The van der Waals surface area contributed by atoms with Crippen LogP contribution < -0.4 is 0 Å². The lowest BCUT2D eigenvalue weighted by Crippen LogP contribution is -2.41. The van der Waals surface area contributed by atoms with Gasteiger partial charge in [-0.2, -0.15) is 4.31 Å². The second kappa shape index (κ2) is 8.06. The molecule has 0 bridgehead atoms. The van der Waals surface area contributed by atoms with Crippen LogP contribution in [0.1, 0.15) is 27.3 Å². The molecule has 0 radical (unpaired) electrons. The fraction of sp³-hybridized carbons (Fsp3) is 0.450. The standard InChI is InChI=1S/C20H27N3O4S/c1-15-18(20(24)23-10-12-27-13-11-23)19(16(2)22(15)4)28(25,26)21(3)14-17-8-6-5-7-9-17/h5-9H,10-14H2,1-4H3. The van der Waals surface area contributed by atoms with Crippen molar-refractivity contribution in [3.63, 3.8) is 0 Å². The number of sulfonamides is 1. The summed E-state index contributed by atoms with van der Waals surface area (Å²) in [5, 5.41) is 0. The Hall–Kier alpha value is -2.16. The molecule has 1 saturated heterocycles. The molecule has 0 N–H and O–H groups in total. The molecular formula is C20H27N3O4S. The first-order chi connectivity index (χ1) is 13.2. The lowest BCUT2D eigenvalue weighted by atomic mass is 10.2. The van der Waals surface area contributed by atoms with Crippen LogP contribution in [0.5, 0.6) is 0 Å². The minimum absolute atomic E-state index is 0.0995. The van der Waals surface area contributed by atoms with Crippen molar-refractivity contribution in [2.24, 2.45) is 7.05 Å². The first kappa shape index (κ1) is 20.6. The molecule has 2 heterocycles. The van der Waals surface area contributed by atoms with Gasteiger partial charge in [0.05, 0.1) is 18.8 Å². The summed E-state index contributed by atoms with van der Waals surface area (Å²) in [7, 11) is -0.513. The zero-order chi connectivity index (χ0) is 20.5. The van der Waals surface area contributed by atoms with Gasteiger partial charge in [0, 0.05) is 45.1 Å². The maximum absolute atomic E-state index is 13.4. The summed E-state index contributed by atoms with van der Waals surface area (Å²) >= 11 is 0. The molecule has 0 unspecified atom stereocenters. The molecule has 152 valence electrons. The predicted molar refractivity (Wildman–Crippen MR) is 107 cm³/mol. The lowest BCUT2D eigenvalue weighted by Gasteiger charge is -2.27. The molecule has 28 heavy (non-hydrogen) atoms. The Morgan fingerprint density at radius 2 is 1.71 bits per heavy atom. The minimum Gasteiger partial charge on any atom is -0.378 e. The fourth-order valence-corrected chi connectivity index (χ4v) is 5.12. The number of carbonyl (C=O) groups is 1. The predicted octanol–water partition coefficient (Wildman–Crippen LogP) is 1.94. The molecule has 8 heteroatoms. The SMILES string of the molecule is Cc1c(C(=O)N2CCOCC2)c(S(=O)(=O)N(C)Cc2ccccc2)c(C)n1C. The summed E-state index contributed by atoms with van der Waals surface area (Å²) in [4.78, 5) is 15.0. The van der Waals surface area contributed by atoms with E-state index in [1.165, 1.54) is 4.31 Å². The van der Waals surface area contributed by atoms with Gasteiger partial charge >= 0.3 is 0 Å². The van der Waals surface area contributed by atoms with Crippen molar-refractivity contribution in [2.75, 3.05) is 33.4 Å². The van der Waals surface area contributed by atoms with Crippen LogP contribution in [0.15, 0.2) is 35.2 Å². The van der Waals surface area contributed by atoms with Crippen LogP contribution in [-0.4, -0.2) is 61.4 Å². The molecule has 1 aromatic carbocycles. The van der Waals surface area contributed by atoms with Gasteiger partial charge in [-0.25, -0.2) is 8.42 Å². The van der Waals surface area contributed by atoms with Crippen LogP contribution in [0.25, 0.3) is 0 Å². The topological polar surface area (TPSA) is 71.8 Å². The van der Waals surface area contributed by atoms with Crippen molar-refractivity contribution in [1.82, 2.24) is 13.8 Å². The molecule has 1 aliphatic heterocycles. The van der Waals surface area contributed by atoms with Gasteiger partial charge in [0.25, 0.3) is 5.91 Å². The highest BCUT2D eigenvalue weighted by atomic mass is 32.2. The Morgan fingerprint density at radius 3 is 2.32 bits per heavy atom. The third kappa shape index (κ3) is 3.72. The van der Waals surface area contributed by atoms with Crippen molar-refractivity contribution in [3.05, 3.63) is 52.8 Å². The maximum Gasteiger partial charge on any atom is 0.257 e. The number of hydrogen-bond acceptors (Lipinski definition) is 4. The normalized spacial score (nSPS) is 15.2. The number of ether oxygens (including phenoxy) is 1. The Bertz CT molecular complexity index is 961. The Kier molecular flexibility index (Phi) is 5.92. The molecular weight excluding hydrogens is 378 g/mol. The number of nitrogens with zero attached hydrogens (tertiary/aromatic N) is 3. The van der Waals surface area contributed by atoms with E-state index in [1.54, 1.807) is 37.4 Å². The van der Waals surface area contributed by atoms with E-state index in [4.69, 9.17) is 4.74 Å². The Balaban J connectivity index is 2.02. The molecule has 0 atom stereocenters. The van der Waals surface area contributed by atoms with Crippen molar-refractivity contribution in [3.8, 4) is 0 Å².